The van der Waals surface area contributed by atoms with E-state index in [0.717, 1.165) is 24.5 Å². The molecule has 17 heavy (non-hydrogen) atoms. The molecule has 0 saturated carbocycles. The second-order valence-electron chi connectivity index (χ2n) is 4.54. The molecule has 0 aliphatic carbocycles. The number of hydrogen-bond donors (Lipinski definition) is 2. The summed E-state index contributed by atoms with van der Waals surface area (Å²) in [6.45, 7) is 5.02. The topological polar surface area (TPSA) is 35.5 Å². The quantitative estimate of drug-likeness (QED) is 0.860. The van der Waals surface area contributed by atoms with Crippen molar-refractivity contribution in [3.05, 3.63) is 28.8 Å². The molecule has 1 unspecified atom stereocenters. The normalized spacial score (nSPS) is 19.9. The lowest BCUT2D eigenvalue weighted by atomic mass is 10.2. The minimum atomic E-state index is 0.201. The number of aryl methyl sites for hydroxylation is 1. The molecule has 1 fully saturated rings. The molecule has 1 atom stereocenters. The van der Waals surface area contributed by atoms with Crippen LogP contribution in [0.3, 0.4) is 0 Å². The van der Waals surface area contributed by atoms with Crippen LogP contribution in [0, 0.1) is 6.92 Å². The highest BCUT2D eigenvalue weighted by Gasteiger charge is 2.22. The Morgan fingerprint density at radius 2 is 2.35 bits per heavy atom. The van der Waals surface area contributed by atoms with Gasteiger partial charge in [0.15, 0.2) is 0 Å². The minimum Gasteiger partial charge on any atom is -0.395 e. The molecule has 0 radical (unpaired) electrons. The maximum atomic E-state index is 8.80. The van der Waals surface area contributed by atoms with E-state index in [4.69, 9.17) is 16.7 Å². The third-order valence-electron chi connectivity index (χ3n) is 3.24. The average Bonchev–Trinajstić information content (AvgIpc) is 2.78. The molecule has 1 heterocycles. The number of rotatable bonds is 4. The van der Waals surface area contributed by atoms with Gasteiger partial charge in [0.2, 0.25) is 0 Å². The smallest absolute Gasteiger partial charge is 0.0556 e. The lowest BCUT2D eigenvalue weighted by Crippen LogP contribution is -2.34. The molecule has 4 heteroatoms. The summed E-state index contributed by atoms with van der Waals surface area (Å²) in [6, 6.07) is 6.50. The molecule has 0 spiro atoms. The van der Waals surface area contributed by atoms with Gasteiger partial charge in [-0.15, -0.1) is 0 Å². The van der Waals surface area contributed by atoms with Crippen molar-refractivity contribution in [2.75, 3.05) is 31.1 Å². The Bertz CT molecular complexity index is 384. The Balaban J connectivity index is 2.02. The Morgan fingerprint density at radius 3 is 3.12 bits per heavy atom. The van der Waals surface area contributed by atoms with E-state index in [2.05, 4.69) is 23.2 Å². The molecular formula is C13H19ClN2O. The van der Waals surface area contributed by atoms with Crippen molar-refractivity contribution in [2.24, 2.45) is 0 Å². The van der Waals surface area contributed by atoms with Gasteiger partial charge in [-0.25, -0.2) is 0 Å². The number of aliphatic hydroxyl groups excluding tert-OH is 1. The standard InChI is InChI=1S/C13H19ClN2O/c1-10-2-3-11(14)8-13(10)16-6-4-12(9-16)15-5-7-17/h2-3,8,12,15,17H,4-7,9H2,1H3. The van der Waals surface area contributed by atoms with Crippen LogP contribution in [0.5, 0.6) is 0 Å². The summed E-state index contributed by atoms with van der Waals surface area (Å²) in [4.78, 5) is 2.36. The molecular weight excluding hydrogens is 236 g/mol. The van der Waals surface area contributed by atoms with E-state index in [9.17, 15) is 0 Å². The molecule has 1 aliphatic rings. The highest BCUT2D eigenvalue weighted by molar-refractivity contribution is 6.30. The lowest BCUT2D eigenvalue weighted by Gasteiger charge is -2.21. The van der Waals surface area contributed by atoms with Crippen LogP contribution < -0.4 is 10.2 Å². The van der Waals surface area contributed by atoms with Gasteiger partial charge in [-0.05, 0) is 31.0 Å². The van der Waals surface area contributed by atoms with E-state index in [1.807, 2.05) is 12.1 Å². The van der Waals surface area contributed by atoms with Crippen LogP contribution in [-0.2, 0) is 0 Å². The van der Waals surface area contributed by atoms with E-state index in [1.165, 1.54) is 11.3 Å². The van der Waals surface area contributed by atoms with E-state index >= 15 is 0 Å². The summed E-state index contributed by atoms with van der Waals surface area (Å²) < 4.78 is 0. The van der Waals surface area contributed by atoms with Gasteiger partial charge in [-0.3, -0.25) is 0 Å². The summed E-state index contributed by atoms with van der Waals surface area (Å²) >= 11 is 6.04. The Hall–Kier alpha value is -0.770. The SMILES string of the molecule is Cc1ccc(Cl)cc1N1CCC(NCCO)C1. The number of aliphatic hydroxyl groups is 1. The summed E-state index contributed by atoms with van der Waals surface area (Å²) in [6.07, 6.45) is 1.12. The van der Waals surface area contributed by atoms with Crippen LogP contribution >= 0.6 is 11.6 Å². The third-order valence-corrected chi connectivity index (χ3v) is 3.48. The monoisotopic (exact) mass is 254 g/mol. The van der Waals surface area contributed by atoms with Crippen LogP contribution in [0.25, 0.3) is 0 Å². The molecule has 1 aromatic carbocycles. The Morgan fingerprint density at radius 1 is 1.53 bits per heavy atom. The molecule has 2 N–H and O–H groups in total. The summed E-state index contributed by atoms with van der Waals surface area (Å²) in [5, 5.41) is 12.9. The van der Waals surface area contributed by atoms with Crippen LogP contribution in [0.2, 0.25) is 5.02 Å². The predicted octanol–water partition coefficient (Wildman–Crippen LogP) is 1.81. The van der Waals surface area contributed by atoms with Gasteiger partial charge >= 0.3 is 0 Å². The fourth-order valence-electron chi connectivity index (χ4n) is 2.34. The number of benzene rings is 1. The van der Waals surface area contributed by atoms with Gasteiger partial charge in [0.1, 0.15) is 0 Å². The summed E-state index contributed by atoms with van der Waals surface area (Å²) in [5.74, 6) is 0. The van der Waals surface area contributed by atoms with Gasteiger partial charge < -0.3 is 15.3 Å². The zero-order valence-electron chi connectivity index (χ0n) is 10.1. The molecule has 1 aromatic rings. The Labute approximate surface area is 107 Å². The van der Waals surface area contributed by atoms with Crippen molar-refractivity contribution in [3.8, 4) is 0 Å². The molecule has 0 bridgehead atoms. The first-order valence-corrected chi connectivity index (χ1v) is 6.44. The number of nitrogens with zero attached hydrogens (tertiary/aromatic N) is 1. The van der Waals surface area contributed by atoms with Crippen LogP contribution in [0.1, 0.15) is 12.0 Å². The fraction of sp³-hybridized carbons (Fsp3) is 0.538. The number of halogens is 1. The van der Waals surface area contributed by atoms with Crippen molar-refractivity contribution in [1.82, 2.24) is 5.32 Å². The molecule has 2 rings (SSSR count). The summed E-state index contributed by atoms with van der Waals surface area (Å²) in [5.41, 5.74) is 2.49. The second kappa shape index (κ2) is 5.71. The van der Waals surface area contributed by atoms with E-state index in [1.54, 1.807) is 0 Å². The molecule has 0 amide bonds. The van der Waals surface area contributed by atoms with E-state index < -0.39 is 0 Å². The first kappa shape index (κ1) is 12.7. The molecule has 1 saturated heterocycles. The van der Waals surface area contributed by atoms with E-state index in [0.29, 0.717) is 12.6 Å². The third kappa shape index (κ3) is 3.12. The molecule has 0 aromatic heterocycles. The largest absolute Gasteiger partial charge is 0.395 e. The van der Waals surface area contributed by atoms with Crippen molar-refractivity contribution in [3.63, 3.8) is 0 Å². The zero-order chi connectivity index (χ0) is 12.3. The maximum absolute atomic E-state index is 8.80. The lowest BCUT2D eigenvalue weighted by molar-refractivity contribution is 0.286. The van der Waals surface area contributed by atoms with Crippen molar-refractivity contribution >= 4 is 17.3 Å². The first-order chi connectivity index (χ1) is 8.20. The van der Waals surface area contributed by atoms with Crippen LogP contribution in [0.4, 0.5) is 5.69 Å². The zero-order valence-corrected chi connectivity index (χ0v) is 10.9. The molecule has 94 valence electrons. The second-order valence-corrected chi connectivity index (χ2v) is 4.98. The van der Waals surface area contributed by atoms with Crippen LogP contribution in [-0.4, -0.2) is 37.4 Å². The van der Waals surface area contributed by atoms with Gasteiger partial charge in [0, 0.05) is 36.4 Å². The van der Waals surface area contributed by atoms with Gasteiger partial charge in [0.25, 0.3) is 0 Å². The average molecular weight is 255 g/mol. The molecule has 1 aliphatic heterocycles. The number of hydrogen-bond acceptors (Lipinski definition) is 3. The van der Waals surface area contributed by atoms with Crippen molar-refractivity contribution < 1.29 is 5.11 Å². The van der Waals surface area contributed by atoms with Crippen molar-refractivity contribution in [1.29, 1.82) is 0 Å². The van der Waals surface area contributed by atoms with Gasteiger partial charge in [-0.1, -0.05) is 17.7 Å². The van der Waals surface area contributed by atoms with Gasteiger partial charge in [-0.2, -0.15) is 0 Å². The highest BCUT2D eigenvalue weighted by atomic mass is 35.5. The maximum Gasteiger partial charge on any atom is 0.0556 e. The number of nitrogens with one attached hydrogen (secondary N) is 1. The van der Waals surface area contributed by atoms with Crippen LogP contribution in [0.15, 0.2) is 18.2 Å². The fourth-order valence-corrected chi connectivity index (χ4v) is 2.50. The molecule has 3 nitrogen and oxygen atoms in total. The predicted molar refractivity (Wildman–Crippen MR) is 71.9 cm³/mol. The van der Waals surface area contributed by atoms with Gasteiger partial charge in [0.05, 0.1) is 6.61 Å². The number of anilines is 1. The highest BCUT2D eigenvalue weighted by Crippen LogP contribution is 2.27. The first-order valence-electron chi connectivity index (χ1n) is 6.06. The van der Waals surface area contributed by atoms with Crippen molar-refractivity contribution in [2.45, 2.75) is 19.4 Å². The Kier molecular flexibility index (Phi) is 4.26. The van der Waals surface area contributed by atoms with E-state index in [-0.39, 0.29) is 6.61 Å². The minimum absolute atomic E-state index is 0.201. The summed E-state index contributed by atoms with van der Waals surface area (Å²) in [7, 11) is 0.